The fourth-order valence-electron chi connectivity index (χ4n) is 3.54. The Bertz CT molecular complexity index is 665. The molecule has 0 aliphatic heterocycles. The van der Waals surface area contributed by atoms with Crippen LogP contribution in [0.4, 0.5) is 0 Å². The zero-order chi connectivity index (χ0) is 16.9. The molecule has 3 rings (SSSR count). The van der Waals surface area contributed by atoms with Crippen LogP contribution in [0.25, 0.3) is 0 Å². The number of rotatable bonds is 5. The van der Waals surface area contributed by atoms with Crippen molar-refractivity contribution >= 4 is 18.3 Å². The third-order valence-electron chi connectivity index (χ3n) is 4.96. The molecule has 1 amide bonds. The number of nitrogens with one attached hydrogen (secondary N) is 1. The van der Waals surface area contributed by atoms with Gasteiger partial charge in [-0.25, -0.2) is 0 Å². The van der Waals surface area contributed by atoms with E-state index < -0.39 is 0 Å². The first-order valence-electron chi connectivity index (χ1n) is 8.90. The SMILES string of the molecule is CCN(CC)CC(=O)NC1c2ccccc2CCc2ccccc21.Cl. The summed E-state index contributed by atoms with van der Waals surface area (Å²) in [5, 5.41) is 3.29. The van der Waals surface area contributed by atoms with Crippen LogP contribution in [0, 0.1) is 0 Å². The topological polar surface area (TPSA) is 32.3 Å². The molecule has 0 unspecified atom stereocenters. The van der Waals surface area contributed by atoms with Gasteiger partial charge in [0.2, 0.25) is 5.91 Å². The maximum atomic E-state index is 12.6. The Balaban J connectivity index is 0.00000225. The van der Waals surface area contributed by atoms with Gasteiger partial charge in [-0.1, -0.05) is 62.4 Å². The first kappa shape index (κ1) is 19.5. The van der Waals surface area contributed by atoms with Gasteiger partial charge in [0.25, 0.3) is 0 Å². The number of hydrogen-bond acceptors (Lipinski definition) is 2. The maximum absolute atomic E-state index is 12.6. The Kier molecular flexibility index (Phi) is 7.03. The highest BCUT2D eigenvalue weighted by atomic mass is 35.5. The number of aryl methyl sites for hydroxylation is 2. The highest BCUT2D eigenvalue weighted by Gasteiger charge is 2.24. The molecule has 1 aliphatic carbocycles. The molecule has 0 saturated carbocycles. The number of fused-ring (bicyclic) bond motifs is 2. The quantitative estimate of drug-likeness (QED) is 0.882. The van der Waals surface area contributed by atoms with Crippen molar-refractivity contribution in [2.75, 3.05) is 19.6 Å². The number of likely N-dealkylation sites (N-methyl/N-ethyl adjacent to an activating group) is 1. The van der Waals surface area contributed by atoms with Crippen LogP contribution in [0.15, 0.2) is 48.5 Å². The summed E-state index contributed by atoms with van der Waals surface area (Å²) in [6.07, 6.45) is 2.05. The van der Waals surface area contributed by atoms with Crippen molar-refractivity contribution in [1.29, 1.82) is 0 Å². The van der Waals surface area contributed by atoms with Crippen LogP contribution >= 0.6 is 12.4 Å². The molecule has 2 aromatic carbocycles. The maximum Gasteiger partial charge on any atom is 0.234 e. The predicted octanol–water partition coefficient (Wildman–Crippen LogP) is 3.75. The van der Waals surface area contributed by atoms with Gasteiger partial charge in [0, 0.05) is 0 Å². The van der Waals surface area contributed by atoms with Crippen LogP contribution < -0.4 is 5.32 Å². The fraction of sp³-hybridized carbons (Fsp3) is 0.381. The van der Waals surface area contributed by atoms with Crippen LogP contribution in [-0.4, -0.2) is 30.4 Å². The van der Waals surface area contributed by atoms with Crippen LogP contribution in [0.2, 0.25) is 0 Å². The molecule has 0 bridgehead atoms. The highest BCUT2D eigenvalue weighted by Crippen LogP contribution is 2.32. The van der Waals surface area contributed by atoms with E-state index >= 15 is 0 Å². The van der Waals surface area contributed by atoms with Crippen LogP contribution in [-0.2, 0) is 17.6 Å². The molecule has 0 radical (unpaired) electrons. The molecular weight excluding hydrogens is 332 g/mol. The highest BCUT2D eigenvalue weighted by molar-refractivity contribution is 5.85. The number of carbonyl (C=O) groups excluding carboxylic acids is 1. The monoisotopic (exact) mass is 358 g/mol. The van der Waals surface area contributed by atoms with Gasteiger partial charge in [-0.15, -0.1) is 12.4 Å². The normalized spacial score (nSPS) is 13.4. The molecule has 0 aromatic heterocycles. The smallest absolute Gasteiger partial charge is 0.234 e. The van der Waals surface area contributed by atoms with Crippen molar-refractivity contribution in [1.82, 2.24) is 10.2 Å². The molecule has 0 atom stereocenters. The van der Waals surface area contributed by atoms with E-state index in [9.17, 15) is 4.79 Å². The molecular formula is C21H27ClN2O. The molecule has 25 heavy (non-hydrogen) atoms. The zero-order valence-corrected chi connectivity index (χ0v) is 15.8. The molecule has 0 fully saturated rings. The van der Waals surface area contributed by atoms with Crippen molar-refractivity contribution in [3.8, 4) is 0 Å². The summed E-state index contributed by atoms with van der Waals surface area (Å²) >= 11 is 0. The largest absolute Gasteiger partial charge is 0.344 e. The number of nitrogens with zero attached hydrogens (tertiary/aromatic N) is 1. The summed E-state index contributed by atoms with van der Waals surface area (Å²) in [6.45, 7) is 6.41. The van der Waals surface area contributed by atoms with Gasteiger partial charge >= 0.3 is 0 Å². The van der Waals surface area contributed by atoms with Crippen molar-refractivity contribution < 1.29 is 4.79 Å². The van der Waals surface area contributed by atoms with Gasteiger partial charge in [0.1, 0.15) is 0 Å². The molecule has 1 aliphatic rings. The molecule has 3 nitrogen and oxygen atoms in total. The van der Waals surface area contributed by atoms with E-state index in [-0.39, 0.29) is 24.4 Å². The Hall–Kier alpha value is -1.84. The minimum atomic E-state index is -0.0528. The van der Waals surface area contributed by atoms with Gasteiger partial charge in [0.05, 0.1) is 12.6 Å². The summed E-state index contributed by atoms with van der Waals surface area (Å²) in [5.74, 6) is 0.0928. The first-order valence-corrected chi connectivity index (χ1v) is 8.90. The molecule has 1 N–H and O–H groups in total. The van der Waals surface area contributed by atoms with Crippen LogP contribution in [0.5, 0.6) is 0 Å². The summed E-state index contributed by atoms with van der Waals surface area (Å²) in [4.78, 5) is 14.8. The van der Waals surface area contributed by atoms with Gasteiger partial charge < -0.3 is 5.32 Å². The van der Waals surface area contributed by atoms with Gasteiger partial charge in [0.15, 0.2) is 0 Å². The van der Waals surface area contributed by atoms with Crippen molar-refractivity contribution in [2.45, 2.75) is 32.7 Å². The molecule has 134 valence electrons. The van der Waals surface area contributed by atoms with E-state index in [1.807, 2.05) is 0 Å². The first-order chi connectivity index (χ1) is 11.7. The van der Waals surface area contributed by atoms with Crippen LogP contribution in [0.3, 0.4) is 0 Å². The standard InChI is InChI=1S/C21H26N2O.ClH/c1-3-23(4-2)15-20(24)22-21-18-11-7-5-9-16(18)13-14-17-10-6-8-12-19(17)21;/h5-12,21H,3-4,13-15H2,1-2H3,(H,22,24);1H. The number of halogens is 1. The molecule has 0 spiro atoms. The minimum absolute atomic E-state index is 0. The second-order valence-electron chi connectivity index (χ2n) is 6.36. The second-order valence-corrected chi connectivity index (χ2v) is 6.36. The number of hydrogen-bond donors (Lipinski definition) is 1. The lowest BCUT2D eigenvalue weighted by Gasteiger charge is -2.24. The predicted molar refractivity (Wildman–Crippen MR) is 105 cm³/mol. The van der Waals surface area contributed by atoms with Crippen molar-refractivity contribution in [2.24, 2.45) is 0 Å². The zero-order valence-electron chi connectivity index (χ0n) is 15.0. The van der Waals surface area contributed by atoms with E-state index in [1.165, 1.54) is 22.3 Å². The summed E-state index contributed by atoms with van der Waals surface area (Å²) in [7, 11) is 0. The van der Waals surface area contributed by atoms with Crippen LogP contribution in [0.1, 0.15) is 42.1 Å². The van der Waals surface area contributed by atoms with E-state index in [2.05, 4.69) is 72.6 Å². The number of carbonyl (C=O) groups is 1. The molecule has 0 saturated heterocycles. The summed E-state index contributed by atoms with van der Waals surface area (Å²) in [5.41, 5.74) is 5.13. The van der Waals surface area contributed by atoms with Crippen molar-refractivity contribution in [3.05, 3.63) is 70.8 Å². The second kappa shape index (κ2) is 9.02. The lowest BCUT2D eigenvalue weighted by Crippen LogP contribution is -2.39. The Morgan fingerprint density at radius 1 is 0.960 bits per heavy atom. The average molecular weight is 359 g/mol. The van der Waals surface area contributed by atoms with Gasteiger partial charge in [-0.3, -0.25) is 9.69 Å². The molecule has 0 heterocycles. The average Bonchev–Trinajstić information content (AvgIpc) is 2.77. The van der Waals surface area contributed by atoms with E-state index in [0.29, 0.717) is 6.54 Å². The Morgan fingerprint density at radius 3 is 1.92 bits per heavy atom. The molecule has 2 aromatic rings. The van der Waals surface area contributed by atoms with Gasteiger partial charge in [-0.05, 0) is 48.2 Å². The third kappa shape index (κ3) is 4.42. The van der Waals surface area contributed by atoms with E-state index in [1.54, 1.807) is 0 Å². The van der Waals surface area contributed by atoms with Gasteiger partial charge in [-0.2, -0.15) is 0 Å². The summed E-state index contributed by atoms with van der Waals surface area (Å²) in [6, 6.07) is 16.9. The number of benzene rings is 2. The summed E-state index contributed by atoms with van der Waals surface area (Å²) < 4.78 is 0. The van der Waals surface area contributed by atoms with Crippen molar-refractivity contribution in [3.63, 3.8) is 0 Å². The lowest BCUT2D eigenvalue weighted by atomic mass is 9.94. The van der Waals surface area contributed by atoms with E-state index in [4.69, 9.17) is 0 Å². The third-order valence-corrected chi connectivity index (χ3v) is 4.96. The lowest BCUT2D eigenvalue weighted by molar-refractivity contribution is -0.122. The minimum Gasteiger partial charge on any atom is -0.344 e. The fourth-order valence-corrected chi connectivity index (χ4v) is 3.54. The Labute approximate surface area is 156 Å². The molecule has 4 heteroatoms. The Morgan fingerprint density at radius 2 is 1.44 bits per heavy atom. The number of amides is 1. The van der Waals surface area contributed by atoms with E-state index in [0.717, 1.165) is 25.9 Å².